The monoisotopic (exact) mass is 295 g/mol. The van der Waals surface area contributed by atoms with E-state index in [1.54, 1.807) is 13.0 Å². The highest BCUT2D eigenvalue weighted by Crippen LogP contribution is 2.26. The predicted octanol–water partition coefficient (Wildman–Crippen LogP) is 4.45. The third kappa shape index (κ3) is 2.96. The average Bonchev–Trinajstić information content (AvgIpc) is 2.91. The highest BCUT2D eigenvalue weighted by Gasteiger charge is 2.10. The Morgan fingerprint density at radius 2 is 1.91 bits per heavy atom. The number of hydrogen-bond donors (Lipinski definition) is 1. The van der Waals surface area contributed by atoms with Crippen LogP contribution < -0.4 is 4.74 Å². The molecule has 4 heteroatoms. The van der Waals surface area contributed by atoms with Crippen molar-refractivity contribution in [2.75, 3.05) is 6.61 Å². The van der Waals surface area contributed by atoms with E-state index < -0.39 is 0 Å². The number of fused-ring (bicyclic) bond motifs is 1. The number of rotatable bonds is 4. The molecule has 0 bridgehead atoms. The quantitative estimate of drug-likeness (QED) is 0.724. The second-order valence-electron chi connectivity index (χ2n) is 5.07. The summed E-state index contributed by atoms with van der Waals surface area (Å²) in [4.78, 5) is 14.8. The number of nitrogens with one attached hydrogen (secondary N) is 1. The van der Waals surface area contributed by atoms with E-state index in [0.717, 1.165) is 28.0 Å². The summed E-state index contributed by atoms with van der Waals surface area (Å²) in [7, 11) is 0. The zero-order chi connectivity index (χ0) is 15.5. The summed E-state index contributed by atoms with van der Waals surface area (Å²) in [5, 5.41) is 0.910. The average molecular weight is 295 g/mol. The molecule has 0 spiro atoms. The predicted molar refractivity (Wildman–Crippen MR) is 85.5 cm³/mol. The summed E-state index contributed by atoms with van der Waals surface area (Å²) in [5.41, 5.74) is 2.47. The van der Waals surface area contributed by atoms with Crippen molar-refractivity contribution in [1.82, 2.24) is 4.98 Å². The van der Waals surface area contributed by atoms with Crippen LogP contribution >= 0.6 is 0 Å². The zero-order valence-corrected chi connectivity index (χ0v) is 12.6. The van der Waals surface area contributed by atoms with Crippen LogP contribution in [0.1, 0.15) is 23.0 Å². The van der Waals surface area contributed by atoms with Gasteiger partial charge in [0.25, 0.3) is 0 Å². The minimum Gasteiger partial charge on any atom is -0.461 e. The third-order valence-corrected chi connectivity index (χ3v) is 3.31. The molecule has 1 N–H and O–H groups in total. The molecule has 0 saturated carbocycles. The molecule has 1 aromatic heterocycles. The van der Waals surface area contributed by atoms with Crippen molar-refractivity contribution in [3.63, 3.8) is 0 Å². The Morgan fingerprint density at radius 3 is 2.68 bits per heavy atom. The van der Waals surface area contributed by atoms with E-state index in [1.807, 2.05) is 49.4 Å². The fraction of sp³-hybridized carbons (Fsp3) is 0.167. The lowest BCUT2D eigenvalue weighted by molar-refractivity contribution is 0.0520. The number of H-pyrrole nitrogens is 1. The van der Waals surface area contributed by atoms with Gasteiger partial charge in [-0.05, 0) is 55.8 Å². The van der Waals surface area contributed by atoms with Crippen LogP contribution in [0.25, 0.3) is 10.9 Å². The molecular formula is C18H17NO3. The molecular weight excluding hydrogens is 278 g/mol. The van der Waals surface area contributed by atoms with Gasteiger partial charge in [-0.1, -0.05) is 12.1 Å². The minimum atomic E-state index is -0.347. The maximum atomic E-state index is 11.7. The first kappa shape index (κ1) is 14.2. The Bertz CT molecular complexity index is 820. The van der Waals surface area contributed by atoms with Gasteiger partial charge in [-0.2, -0.15) is 0 Å². The van der Waals surface area contributed by atoms with Crippen LogP contribution in [0.3, 0.4) is 0 Å². The van der Waals surface area contributed by atoms with Crippen LogP contribution in [-0.2, 0) is 4.74 Å². The Balaban J connectivity index is 1.88. The molecule has 2 aromatic carbocycles. The lowest BCUT2D eigenvalue weighted by Crippen LogP contribution is -2.04. The summed E-state index contributed by atoms with van der Waals surface area (Å²) in [6.45, 7) is 4.16. The largest absolute Gasteiger partial charge is 0.461 e. The molecule has 0 unspecified atom stereocenters. The van der Waals surface area contributed by atoms with Gasteiger partial charge >= 0.3 is 5.97 Å². The Hall–Kier alpha value is -2.75. The van der Waals surface area contributed by atoms with Crippen LogP contribution in [0.2, 0.25) is 0 Å². The molecule has 3 rings (SSSR count). The van der Waals surface area contributed by atoms with Crippen molar-refractivity contribution in [2.24, 2.45) is 0 Å². The number of aromatic amines is 1. The van der Waals surface area contributed by atoms with Gasteiger partial charge < -0.3 is 14.5 Å². The summed E-state index contributed by atoms with van der Waals surface area (Å²) >= 11 is 0. The second-order valence-corrected chi connectivity index (χ2v) is 5.07. The highest BCUT2D eigenvalue weighted by molar-refractivity contribution is 5.95. The van der Waals surface area contributed by atoms with Crippen LogP contribution in [0.5, 0.6) is 11.5 Å². The van der Waals surface area contributed by atoms with Gasteiger partial charge in [-0.25, -0.2) is 4.79 Å². The molecule has 1 heterocycles. The molecule has 0 amide bonds. The molecule has 0 aliphatic rings. The Labute approximate surface area is 128 Å². The standard InChI is InChI=1S/C18H17NO3/c1-3-21-18(20)17-11-13-10-15(7-8-16(13)19-17)22-14-6-4-5-12(2)9-14/h4-11,19H,3H2,1-2H3. The number of hydrogen-bond acceptors (Lipinski definition) is 3. The number of carbonyl (C=O) groups excluding carboxylic acids is 1. The van der Waals surface area contributed by atoms with Gasteiger partial charge in [0, 0.05) is 10.9 Å². The van der Waals surface area contributed by atoms with Crippen molar-refractivity contribution in [2.45, 2.75) is 13.8 Å². The first-order chi connectivity index (χ1) is 10.7. The number of ether oxygens (including phenoxy) is 2. The molecule has 22 heavy (non-hydrogen) atoms. The van der Waals surface area contributed by atoms with Crippen LogP contribution in [0.15, 0.2) is 48.5 Å². The van der Waals surface area contributed by atoms with Crippen molar-refractivity contribution in [3.8, 4) is 11.5 Å². The van der Waals surface area contributed by atoms with Gasteiger partial charge in [0.05, 0.1) is 6.61 Å². The first-order valence-corrected chi connectivity index (χ1v) is 7.20. The Morgan fingerprint density at radius 1 is 1.09 bits per heavy atom. The fourth-order valence-corrected chi connectivity index (χ4v) is 2.31. The number of esters is 1. The highest BCUT2D eigenvalue weighted by atomic mass is 16.5. The number of aromatic nitrogens is 1. The molecule has 0 aliphatic heterocycles. The molecule has 4 nitrogen and oxygen atoms in total. The summed E-state index contributed by atoms with van der Waals surface area (Å²) < 4.78 is 10.8. The van der Waals surface area contributed by atoms with E-state index in [2.05, 4.69) is 4.98 Å². The van der Waals surface area contributed by atoms with Gasteiger partial charge in [0.2, 0.25) is 0 Å². The SMILES string of the molecule is CCOC(=O)c1cc2cc(Oc3cccc(C)c3)ccc2[nH]1. The summed E-state index contributed by atoms with van der Waals surface area (Å²) in [5.74, 6) is 1.17. The van der Waals surface area contributed by atoms with Crippen molar-refractivity contribution >= 4 is 16.9 Å². The van der Waals surface area contributed by atoms with E-state index in [-0.39, 0.29) is 5.97 Å². The summed E-state index contributed by atoms with van der Waals surface area (Å²) in [6, 6.07) is 15.3. The van der Waals surface area contributed by atoms with E-state index in [1.165, 1.54) is 0 Å². The normalized spacial score (nSPS) is 10.6. The number of carbonyl (C=O) groups is 1. The van der Waals surface area contributed by atoms with Crippen LogP contribution in [0.4, 0.5) is 0 Å². The maximum Gasteiger partial charge on any atom is 0.354 e. The van der Waals surface area contributed by atoms with Crippen LogP contribution in [0, 0.1) is 6.92 Å². The van der Waals surface area contributed by atoms with E-state index in [9.17, 15) is 4.79 Å². The van der Waals surface area contributed by atoms with Gasteiger partial charge in [-0.15, -0.1) is 0 Å². The molecule has 0 atom stereocenters. The Kier molecular flexibility index (Phi) is 3.83. The van der Waals surface area contributed by atoms with Gasteiger partial charge in [0.15, 0.2) is 0 Å². The van der Waals surface area contributed by atoms with E-state index in [0.29, 0.717) is 12.3 Å². The fourth-order valence-electron chi connectivity index (χ4n) is 2.31. The van der Waals surface area contributed by atoms with Crippen LogP contribution in [-0.4, -0.2) is 17.6 Å². The summed E-state index contributed by atoms with van der Waals surface area (Å²) in [6.07, 6.45) is 0. The zero-order valence-electron chi connectivity index (χ0n) is 12.6. The molecule has 0 saturated heterocycles. The van der Waals surface area contributed by atoms with E-state index in [4.69, 9.17) is 9.47 Å². The van der Waals surface area contributed by atoms with E-state index >= 15 is 0 Å². The van der Waals surface area contributed by atoms with Gasteiger partial charge in [0.1, 0.15) is 17.2 Å². The molecule has 0 radical (unpaired) electrons. The van der Waals surface area contributed by atoms with Gasteiger partial charge in [-0.3, -0.25) is 0 Å². The third-order valence-electron chi connectivity index (χ3n) is 3.31. The lowest BCUT2D eigenvalue weighted by Gasteiger charge is -2.06. The minimum absolute atomic E-state index is 0.347. The molecule has 3 aromatic rings. The van der Waals surface area contributed by atoms with Crippen molar-refractivity contribution in [3.05, 3.63) is 59.8 Å². The topological polar surface area (TPSA) is 51.3 Å². The lowest BCUT2D eigenvalue weighted by atomic mass is 10.2. The number of benzene rings is 2. The smallest absolute Gasteiger partial charge is 0.354 e. The van der Waals surface area contributed by atoms with Crippen molar-refractivity contribution < 1.29 is 14.3 Å². The van der Waals surface area contributed by atoms with Crippen molar-refractivity contribution in [1.29, 1.82) is 0 Å². The number of aryl methyl sites for hydroxylation is 1. The first-order valence-electron chi connectivity index (χ1n) is 7.20. The second kappa shape index (κ2) is 5.93. The molecule has 112 valence electrons. The molecule has 0 aliphatic carbocycles. The maximum absolute atomic E-state index is 11.7. The molecule has 0 fully saturated rings.